The number of benzene rings is 2. The number of pyridine rings is 1. The number of ether oxygens (including phenoxy) is 1. The first-order chi connectivity index (χ1) is 15.6. The van der Waals surface area contributed by atoms with Crippen LogP contribution in [-0.4, -0.2) is 28.1 Å². The zero-order valence-corrected chi connectivity index (χ0v) is 18.2. The molecule has 1 saturated carbocycles. The van der Waals surface area contributed by atoms with Gasteiger partial charge in [0.2, 0.25) is 0 Å². The van der Waals surface area contributed by atoms with Gasteiger partial charge in [0.1, 0.15) is 18.2 Å². The molecule has 1 aliphatic heterocycles. The number of halogens is 1. The largest absolute Gasteiger partial charge is 0.489 e. The van der Waals surface area contributed by atoms with Crippen LogP contribution < -0.4 is 4.74 Å². The van der Waals surface area contributed by atoms with Crippen molar-refractivity contribution in [3.63, 3.8) is 0 Å². The second kappa shape index (κ2) is 9.00. The highest BCUT2D eigenvalue weighted by atomic mass is 19.1. The molecule has 5 heteroatoms. The molecule has 1 N–H and O–H groups in total. The fourth-order valence-electron chi connectivity index (χ4n) is 5.48. The van der Waals surface area contributed by atoms with Gasteiger partial charge in [-0.1, -0.05) is 36.8 Å². The fourth-order valence-corrected chi connectivity index (χ4v) is 5.48. The van der Waals surface area contributed by atoms with E-state index >= 15 is 0 Å². The summed E-state index contributed by atoms with van der Waals surface area (Å²) in [5.74, 6) is 1.02. The summed E-state index contributed by atoms with van der Waals surface area (Å²) in [5, 5.41) is 11.7. The second-order valence-corrected chi connectivity index (χ2v) is 9.15. The summed E-state index contributed by atoms with van der Waals surface area (Å²) in [7, 11) is 0. The van der Waals surface area contributed by atoms with Gasteiger partial charge in [0.25, 0.3) is 0 Å². The highest BCUT2D eigenvalue weighted by Crippen LogP contribution is 2.49. The topological polar surface area (TPSA) is 45.6 Å². The van der Waals surface area contributed by atoms with Gasteiger partial charge in [-0.25, -0.2) is 4.39 Å². The molecule has 0 spiro atoms. The lowest BCUT2D eigenvalue weighted by Crippen LogP contribution is -2.57. The normalized spacial score (nSPS) is 25.4. The van der Waals surface area contributed by atoms with Crippen LogP contribution in [0.3, 0.4) is 0 Å². The molecule has 1 unspecified atom stereocenters. The molecule has 3 atom stereocenters. The molecular formula is C27H29FN2O2. The highest BCUT2D eigenvalue weighted by molar-refractivity contribution is 5.30. The van der Waals surface area contributed by atoms with Crippen molar-refractivity contribution in [3.05, 3.63) is 95.6 Å². The smallest absolute Gasteiger partial charge is 0.123 e. The number of aromatic nitrogens is 1. The van der Waals surface area contributed by atoms with E-state index in [1.54, 1.807) is 18.3 Å². The van der Waals surface area contributed by atoms with Crippen molar-refractivity contribution in [1.29, 1.82) is 0 Å². The maximum atomic E-state index is 13.1. The van der Waals surface area contributed by atoms with Gasteiger partial charge in [-0.3, -0.25) is 9.88 Å². The molecule has 5 rings (SSSR count). The Kier molecular flexibility index (Phi) is 5.94. The molecule has 0 amide bonds. The van der Waals surface area contributed by atoms with Gasteiger partial charge in [-0.15, -0.1) is 0 Å². The Morgan fingerprint density at radius 1 is 1.00 bits per heavy atom. The zero-order valence-electron chi connectivity index (χ0n) is 18.2. The molecule has 2 heterocycles. The predicted octanol–water partition coefficient (Wildman–Crippen LogP) is 4.92. The fraction of sp³-hybridized carbons (Fsp3) is 0.370. The van der Waals surface area contributed by atoms with Gasteiger partial charge < -0.3 is 9.84 Å². The van der Waals surface area contributed by atoms with Gasteiger partial charge in [-0.2, -0.15) is 0 Å². The molecule has 1 aliphatic carbocycles. The molecule has 1 aromatic heterocycles. The quantitative estimate of drug-likeness (QED) is 0.601. The first-order valence-electron chi connectivity index (χ1n) is 11.4. The van der Waals surface area contributed by atoms with Crippen LogP contribution in [0.4, 0.5) is 4.39 Å². The molecular weight excluding hydrogens is 403 g/mol. The Morgan fingerprint density at radius 2 is 1.78 bits per heavy atom. The number of aliphatic hydroxyl groups is 1. The molecule has 3 aromatic rings. The SMILES string of the molecule is OC1(c2cccnc2)[C@@H]2CCC[C@H]1CN(Cc1cccc(OCc3ccc(F)cc3)c1)C2. The average Bonchev–Trinajstić information content (AvgIpc) is 2.80. The van der Waals surface area contributed by atoms with Crippen LogP contribution in [0.2, 0.25) is 0 Å². The Hall–Kier alpha value is -2.76. The van der Waals surface area contributed by atoms with Crippen LogP contribution >= 0.6 is 0 Å². The van der Waals surface area contributed by atoms with Gasteiger partial charge >= 0.3 is 0 Å². The summed E-state index contributed by atoms with van der Waals surface area (Å²) in [6.07, 6.45) is 6.86. The number of likely N-dealkylation sites (tertiary alicyclic amines) is 1. The first-order valence-corrected chi connectivity index (χ1v) is 11.4. The third kappa shape index (κ3) is 4.27. The van der Waals surface area contributed by atoms with Crippen LogP contribution in [0, 0.1) is 17.7 Å². The lowest BCUT2D eigenvalue weighted by atomic mass is 9.63. The van der Waals surface area contributed by atoms with Crippen LogP contribution in [-0.2, 0) is 18.8 Å². The standard InChI is InChI=1S/C27H29FN2O2/c28-25-11-9-20(10-12-25)19-32-26-8-1-4-21(14-26)16-30-17-23-5-2-6-24(18-30)27(23,31)22-7-3-13-29-15-22/h1,3-4,7-15,23-24,31H,2,5-6,16-19H2/t23-,24+,27?. The molecule has 0 radical (unpaired) electrons. The summed E-state index contributed by atoms with van der Waals surface area (Å²) >= 11 is 0. The van der Waals surface area contributed by atoms with E-state index in [1.165, 1.54) is 24.1 Å². The molecule has 2 aromatic carbocycles. The number of nitrogens with zero attached hydrogens (tertiary/aromatic N) is 2. The molecule has 166 valence electrons. The number of rotatable bonds is 6. The Morgan fingerprint density at radius 3 is 2.50 bits per heavy atom. The summed E-state index contributed by atoms with van der Waals surface area (Å²) in [4.78, 5) is 6.74. The van der Waals surface area contributed by atoms with Crippen molar-refractivity contribution in [2.45, 2.75) is 38.0 Å². The van der Waals surface area contributed by atoms with E-state index in [9.17, 15) is 9.50 Å². The third-order valence-electron chi connectivity index (χ3n) is 7.05. The summed E-state index contributed by atoms with van der Waals surface area (Å²) in [6, 6.07) is 18.5. The predicted molar refractivity (Wildman–Crippen MR) is 121 cm³/mol. The Labute approximate surface area is 188 Å². The highest BCUT2D eigenvalue weighted by Gasteiger charge is 2.51. The molecule has 1 saturated heterocycles. The molecule has 2 fully saturated rings. The Balaban J connectivity index is 1.25. The summed E-state index contributed by atoms with van der Waals surface area (Å²) < 4.78 is 19.0. The number of fused-ring (bicyclic) bond motifs is 2. The van der Waals surface area contributed by atoms with E-state index in [0.717, 1.165) is 49.4 Å². The molecule has 4 nitrogen and oxygen atoms in total. The van der Waals surface area contributed by atoms with Crippen molar-refractivity contribution in [2.24, 2.45) is 11.8 Å². The minimum Gasteiger partial charge on any atom is -0.489 e. The van der Waals surface area contributed by atoms with Crippen LogP contribution in [0.25, 0.3) is 0 Å². The molecule has 2 aliphatic rings. The lowest BCUT2D eigenvalue weighted by molar-refractivity contribution is -0.148. The zero-order chi connectivity index (χ0) is 22.0. The maximum absolute atomic E-state index is 13.1. The van der Waals surface area contributed by atoms with Crippen molar-refractivity contribution >= 4 is 0 Å². The van der Waals surface area contributed by atoms with Crippen molar-refractivity contribution in [2.75, 3.05) is 13.1 Å². The lowest BCUT2D eigenvalue weighted by Gasteiger charge is -2.53. The van der Waals surface area contributed by atoms with Gasteiger partial charge in [0.15, 0.2) is 0 Å². The summed E-state index contributed by atoms with van der Waals surface area (Å²) in [5.41, 5.74) is 2.33. The molecule has 2 bridgehead atoms. The minimum atomic E-state index is -0.775. The Bertz CT molecular complexity index is 1030. The van der Waals surface area contributed by atoms with Crippen LogP contribution in [0.15, 0.2) is 73.1 Å². The van der Waals surface area contributed by atoms with Crippen LogP contribution in [0.1, 0.15) is 36.0 Å². The van der Waals surface area contributed by atoms with Crippen molar-refractivity contribution < 1.29 is 14.2 Å². The van der Waals surface area contributed by atoms with Gasteiger partial charge in [-0.05, 0) is 54.3 Å². The second-order valence-electron chi connectivity index (χ2n) is 9.15. The molecule has 32 heavy (non-hydrogen) atoms. The van der Waals surface area contributed by atoms with E-state index < -0.39 is 5.60 Å². The third-order valence-corrected chi connectivity index (χ3v) is 7.05. The number of hydrogen-bond acceptors (Lipinski definition) is 4. The van der Waals surface area contributed by atoms with Crippen LogP contribution in [0.5, 0.6) is 5.75 Å². The van der Waals surface area contributed by atoms with E-state index in [4.69, 9.17) is 4.74 Å². The minimum absolute atomic E-state index is 0.220. The van der Waals surface area contributed by atoms with E-state index in [-0.39, 0.29) is 17.7 Å². The van der Waals surface area contributed by atoms with E-state index in [1.807, 2.05) is 30.5 Å². The van der Waals surface area contributed by atoms with E-state index in [2.05, 4.69) is 22.0 Å². The van der Waals surface area contributed by atoms with Crippen molar-refractivity contribution in [1.82, 2.24) is 9.88 Å². The monoisotopic (exact) mass is 432 g/mol. The maximum Gasteiger partial charge on any atom is 0.123 e. The van der Waals surface area contributed by atoms with Crippen molar-refractivity contribution in [3.8, 4) is 5.75 Å². The number of hydrogen-bond donors (Lipinski definition) is 1. The van der Waals surface area contributed by atoms with Gasteiger partial charge in [0.05, 0.1) is 5.60 Å². The summed E-state index contributed by atoms with van der Waals surface area (Å²) in [6.45, 7) is 3.00. The van der Waals surface area contributed by atoms with E-state index in [0.29, 0.717) is 6.61 Å². The average molecular weight is 433 g/mol. The number of piperidine rings is 1. The first kappa shape index (κ1) is 21.1. The van der Waals surface area contributed by atoms with Gasteiger partial charge in [0, 0.05) is 49.4 Å².